The molecule has 0 saturated heterocycles. The van der Waals surface area contributed by atoms with Crippen molar-refractivity contribution in [3.8, 4) is 5.75 Å². The summed E-state index contributed by atoms with van der Waals surface area (Å²) >= 11 is 0. The first kappa shape index (κ1) is 18.2. The molecule has 0 aromatic heterocycles. The van der Waals surface area contributed by atoms with Crippen LogP contribution in [0, 0.1) is 13.8 Å². The lowest BCUT2D eigenvalue weighted by atomic mass is 10.2. The Hall–Kier alpha value is -2.11. The minimum Gasteiger partial charge on any atom is -0.490 e. The summed E-state index contributed by atoms with van der Waals surface area (Å²) < 4.78 is 32.4. The van der Waals surface area contributed by atoms with Gasteiger partial charge in [0.05, 0.1) is 4.90 Å². The Labute approximate surface area is 144 Å². The molecule has 0 N–H and O–H groups in total. The first-order valence-corrected chi connectivity index (χ1v) is 9.15. The number of hydrogen-bond donors (Lipinski definition) is 0. The number of nitrogens with zero attached hydrogens (tertiary/aromatic N) is 1. The summed E-state index contributed by atoms with van der Waals surface area (Å²) in [6, 6.07) is 12.9. The fourth-order valence-corrected chi connectivity index (χ4v) is 3.81. The van der Waals surface area contributed by atoms with Crippen LogP contribution in [0.25, 0.3) is 0 Å². The van der Waals surface area contributed by atoms with E-state index in [2.05, 4.69) is 6.58 Å². The van der Waals surface area contributed by atoms with E-state index in [0.29, 0.717) is 18.0 Å². The number of rotatable bonds is 7. The van der Waals surface area contributed by atoms with Crippen molar-refractivity contribution in [3.63, 3.8) is 0 Å². The van der Waals surface area contributed by atoms with Crippen molar-refractivity contribution in [2.75, 3.05) is 13.7 Å². The van der Waals surface area contributed by atoms with E-state index in [-0.39, 0.29) is 0 Å². The Morgan fingerprint density at radius 3 is 2.42 bits per heavy atom. The molecule has 0 heterocycles. The normalized spacial score (nSPS) is 11.5. The minimum absolute atomic E-state index is 0.303. The van der Waals surface area contributed by atoms with Crippen molar-refractivity contribution in [2.45, 2.75) is 25.3 Å². The maximum Gasteiger partial charge on any atom is 0.243 e. The zero-order chi connectivity index (χ0) is 17.7. The molecular formula is C19H23NO3S. The summed E-state index contributed by atoms with van der Waals surface area (Å²) in [6.45, 7) is 8.05. The highest BCUT2D eigenvalue weighted by molar-refractivity contribution is 7.89. The van der Waals surface area contributed by atoms with Gasteiger partial charge in [-0.2, -0.15) is 4.31 Å². The molecule has 2 aromatic carbocycles. The molecule has 0 aliphatic carbocycles. The van der Waals surface area contributed by atoms with Crippen molar-refractivity contribution >= 4 is 10.0 Å². The summed E-state index contributed by atoms with van der Waals surface area (Å²) in [6.07, 6.45) is 1.68. The topological polar surface area (TPSA) is 46.6 Å². The quantitative estimate of drug-likeness (QED) is 0.719. The smallest absolute Gasteiger partial charge is 0.243 e. The molecule has 5 heteroatoms. The predicted molar refractivity (Wildman–Crippen MR) is 96.7 cm³/mol. The average Bonchev–Trinajstić information content (AvgIpc) is 2.56. The van der Waals surface area contributed by atoms with Gasteiger partial charge >= 0.3 is 0 Å². The van der Waals surface area contributed by atoms with Crippen LogP contribution in [0.2, 0.25) is 0 Å². The molecule has 0 bridgehead atoms. The van der Waals surface area contributed by atoms with Crippen LogP contribution in [-0.2, 0) is 16.6 Å². The lowest BCUT2D eigenvalue weighted by Crippen LogP contribution is -2.27. The van der Waals surface area contributed by atoms with Gasteiger partial charge in [-0.15, -0.1) is 0 Å². The van der Waals surface area contributed by atoms with Gasteiger partial charge in [0.2, 0.25) is 10.0 Å². The van der Waals surface area contributed by atoms with E-state index in [1.54, 1.807) is 19.2 Å². The summed E-state index contributed by atoms with van der Waals surface area (Å²) in [5.74, 6) is 0.735. The summed E-state index contributed by atoms with van der Waals surface area (Å²) in [5.41, 5.74) is 2.58. The van der Waals surface area contributed by atoms with E-state index in [1.807, 2.05) is 50.2 Å². The Bertz CT molecular complexity index is 811. The van der Waals surface area contributed by atoms with E-state index in [1.165, 1.54) is 4.31 Å². The SMILES string of the molecule is C=CCOc1ccc(CN(C)S(=O)(=O)c2cc(C)ccc2C)cc1. The molecule has 24 heavy (non-hydrogen) atoms. The third-order valence-corrected chi connectivity index (χ3v) is 5.67. The van der Waals surface area contributed by atoms with Gasteiger partial charge in [0, 0.05) is 13.6 Å². The first-order chi connectivity index (χ1) is 11.3. The van der Waals surface area contributed by atoms with Gasteiger partial charge in [-0.1, -0.05) is 36.9 Å². The predicted octanol–water partition coefficient (Wildman–Crippen LogP) is 3.69. The third-order valence-electron chi connectivity index (χ3n) is 3.73. The molecule has 4 nitrogen and oxygen atoms in total. The maximum atomic E-state index is 12.8. The number of ether oxygens (including phenoxy) is 1. The van der Waals surface area contributed by atoms with E-state index >= 15 is 0 Å². The second-order valence-corrected chi connectivity index (χ2v) is 7.79. The zero-order valence-electron chi connectivity index (χ0n) is 14.3. The van der Waals surface area contributed by atoms with Crippen LogP contribution in [0.4, 0.5) is 0 Å². The van der Waals surface area contributed by atoms with E-state index in [4.69, 9.17) is 4.74 Å². The highest BCUT2D eigenvalue weighted by atomic mass is 32.2. The van der Waals surface area contributed by atoms with Gasteiger partial charge in [0.15, 0.2) is 0 Å². The van der Waals surface area contributed by atoms with Crippen LogP contribution in [0.15, 0.2) is 60.0 Å². The molecule has 2 rings (SSSR count). The van der Waals surface area contributed by atoms with Crippen LogP contribution in [0.5, 0.6) is 5.75 Å². The van der Waals surface area contributed by atoms with Gasteiger partial charge in [-0.25, -0.2) is 8.42 Å². The maximum absolute atomic E-state index is 12.8. The number of aryl methyl sites for hydroxylation is 2. The van der Waals surface area contributed by atoms with Gasteiger partial charge in [0.1, 0.15) is 12.4 Å². The summed E-state index contributed by atoms with van der Waals surface area (Å²) in [7, 11) is -1.93. The number of benzene rings is 2. The van der Waals surface area contributed by atoms with Crippen molar-refractivity contribution in [2.24, 2.45) is 0 Å². The Balaban J connectivity index is 2.17. The molecule has 0 fully saturated rings. The number of hydrogen-bond acceptors (Lipinski definition) is 3. The molecule has 0 saturated carbocycles. The van der Waals surface area contributed by atoms with E-state index < -0.39 is 10.0 Å². The van der Waals surface area contributed by atoms with Gasteiger partial charge in [0.25, 0.3) is 0 Å². The standard InChI is InChI=1S/C19H23NO3S/c1-5-12-23-18-10-8-17(9-11-18)14-20(4)24(21,22)19-13-15(2)6-7-16(19)3/h5-11,13H,1,12,14H2,2-4H3. The highest BCUT2D eigenvalue weighted by Gasteiger charge is 2.23. The monoisotopic (exact) mass is 345 g/mol. The van der Waals surface area contributed by atoms with Crippen LogP contribution in [0.3, 0.4) is 0 Å². The van der Waals surface area contributed by atoms with Crippen LogP contribution in [0.1, 0.15) is 16.7 Å². The zero-order valence-corrected chi connectivity index (χ0v) is 15.1. The molecule has 0 radical (unpaired) electrons. The molecule has 0 unspecified atom stereocenters. The van der Waals surface area contributed by atoms with E-state index in [9.17, 15) is 8.42 Å². The Morgan fingerprint density at radius 2 is 1.79 bits per heavy atom. The van der Waals surface area contributed by atoms with Crippen LogP contribution >= 0.6 is 0 Å². The lowest BCUT2D eigenvalue weighted by molar-refractivity contribution is 0.363. The largest absolute Gasteiger partial charge is 0.490 e. The molecule has 0 amide bonds. The van der Waals surface area contributed by atoms with Gasteiger partial charge < -0.3 is 4.74 Å². The van der Waals surface area contributed by atoms with Gasteiger partial charge in [-0.05, 0) is 48.7 Å². The number of sulfonamides is 1. The molecule has 0 spiro atoms. The molecule has 2 aromatic rings. The van der Waals surface area contributed by atoms with E-state index in [0.717, 1.165) is 22.4 Å². The molecule has 0 aliphatic rings. The van der Waals surface area contributed by atoms with Gasteiger partial charge in [-0.3, -0.25) is 0 Å². The molecule has 0 atom stereocenters. The highest BCUT2D eigenvalue weighted by Crippen LogP contribution is 2.22. The van der Waals surface area contributed by atoms with Crippen molar-refractivity contribution in [1.29, 1.82) is 0 Å². The Morgan fingerprint density at radius 1 is 1.12 bits per heavy atom. The first-order valence-electron chi connectivity index (χ1n) is 7.71. The average molecular weight is 345 g/mol. The summed E-state index contributed by atoms with van der Waals surface area (Å²) in [4.78, 5) is 0.357. The van der Waals surface area contributed by atoms with Crippen LogP contribution < -0.4 is 4.74 Å². The van der Waals surface area contributed by atoms with Crippen molar-refractivity contribution in [3.05, 3.63) is 71.8 Å². The second kappa shape index (κ2) is 7.64. The summed E-state index contributed by atoms with van der Waals surface area (Å²) in [5, 5.41) is 0. The molecule has 0 aliphatic heterocycles. The minimum atomic E-state index is -3.53. The van der Waals surface area contributed by atoms with Crippen molar-refractivity contribution in [1.82, 2.24) is 4.31 Å². The fraction of sp³-hybridized carbons (Fsp3) is 0.263. The fourth-order valence-electron chi connectivity index (χ4n) is 2.34. The lowest BCUT2D eigenvalue weighted by Gasteiger charge is -2.19. The van der Waals surface area contributed by atoms with Crippen molar-refractivity contribution < 1.29 is 13.2 Å². The Kier molecular flexibility index (Phi) is 5.80. The molecule has 128 valence electrons. The second-order valence-electron chi connectivity index (χ2n) is 5.77. The van der Waals surface area contributed by atoms with Crippen LogP contribution in [-0.4, -0.2) is 26.4 Å². The molecular weight excluding hydrogens is 322 g/mol. The third kappa shape index (κ3) is 4.24.